The van der Waals surface area contributed by atoms with Crippen LogP contribution >= 0.6 is 0 Å². The summed E-state index contributed by atoms with van der Waals surface area (Å²) >= 11 is 0. The third-order valence-corrected chi connectivity index (χ3v) is 5.17. The van der Waals surface area contributed by atoms with Gasteiger partial charge in [-0.1, -0.05) is 49.4 Å². The van der Waals surface area contributed by atoms with Crippen LogP contribution in [0.3, 0.4) is 0 Å². The van der Waals surface area contributed by atoms with Crippen molar-refractivity contribution < 1.29 is 8.42 Å². The van der Waals surface area contributed by atoms with Gasteiger partial charge >= 0.3 is 0 Å². The molecule has 6 nitrogen and oxygen atoms in total. The quantitative estimate of drug-likeness (QED) is 0.626. The van der Waals surface area contributed by atoms with Crippen LogP contribution in [-0.4, -0.2) is 36.5 Å². The molecular weight excluding hydrogens is 360 g/mol. The van der Waals surface area contributed by atoms with E-state index in [4.69, 9.17) is 0 Å². The number of hydrogen-bond acceptors (Lipinski definition) is 5. The Hall–Kier alpha value is -2.67. The van der Waals surface area contributed by atoms with E-state index in [1.165, 1.54) is 11.8 Å². The highest BCUT2D eigenvalue weighted by atomic mass is 32.2. The van der Waals surface area contributed by atoms with E-state index in [0.29, 0.717) is 18.3 Å². The number of aryl methyl sites for hydroxylation is 1. The minimum Gasteiger partial charge on any atom is -0.314 e. The van der Waals surface area contributed by atoms with Crippen LogP contribution in [0.5, 0.6) is 0 Å². The van der Waals surface area contributed by atoms with Gasteiger partial charge in [0.2, 0.25) is 5.95 Å². The molecule has 0 amide bonds. The predicted molar refractivity (Wildman–Crippen MR) is 108 cm³/mol. The highest BCUT2D eigenvalue weighted by Gasteiger charge is 2.20. The van der Waals surface area contributed by atoms with Gasteiger partial charge in [0.15, 0.2) is 9.84 Å². The smallest absolute Gasteiger partial charge is 0.231 e. The molecule has 27 heavy (non-hydrogen) atoms. The molecule has 0 unspecified atom stereocenters. The van der Waals surface area contributed by atoms with Crippen molar-refractivity contribution in [1.29, 1.82) is 0 Å². The second-order valence-electron chi connectivity index (χ2n) is 6.64. The van der Waals surface area contributed by atoms with E-state index in [0.717, 1.165) is 17.7 Å². The summed E-state index contributed by atoms with van der Waals surface area (Å²) in [5.74, 6) is 0.913. The molecule has 1 aromatic heterocycles. The number of hydrogen-bond donors (Lipinski definition) is 0. The van der Waals surface area contributed by atoms with Crippen LogP contribution in [0, 0.1) is 0 Å². The molecular formula is C20H24N4O2S. The Morgan fingerprint density at radius 1 is 1.00 bits per heavy atom. The van der Waals surface area contributed by atoms with Crippen LogP contribution in [0.25, 0.3) is 0 Å². The fourth-order valence-corrected chi connectivity index (χ4v) is 3.63. The normalized spacial score (nSPS) is 11.5. The summed E-state index contributed by atoms with van der Waals surface area (Å²) in [4.78, 5) is 1.95. The zero-order chi connectivity index (χ0) is 19.4. The fourth-order valence-electron chi connectivity index (χ4n) is 2.94. The van der Waals surface area contributed by atoms with E-state index in [1.54, 1.807) is 0 Å². The van der Waals surface area contributed by atoms with Crippen molar-refractivity contribution in [2.45, 2.75) is 25.6 Å². The molecule has 0 atom stereocenters. The van der Waals surface area contributed by atoms with Gasteiger partial charge in [0.05, 0.1) is 6.54 Å². The lowest BCUT2D eigenvalue weighted by Crippen LogP contribution is -2.18. The van der Waals surface area contributed by atoms with Crippen LogP contribution in [-0.2, 0) is 28.6 Å². The van der Waals surface area contributed by atoms with Gasteiger partial charge in [0.1, 0.15) is 11.6 Å². The third kappa shape index (κ3) is 4.74. The van der Waals surface area contributed by atoms with Crippen molar-refractivity contribution in [1.82, 2.24) is 14.8 Å². The molecule has 0 saturated heterocycles. The van der Waals surface area contributed by atoms with Gasteiger partial charge in [-0.15, -0.1) is 10.2 Å². The summed E-state index contributed by atoms with van der Waals surface area (Å²) in [5, 5.41) is 8.48. The maximum absolute atomic E-state index is 11.8. The molecule has 1 heterocycles. The lowest BCUT2D eigenvalue weighted by Gasteiger charge is -2.20. The maximum Gasteiger partial charge on any atom is 0.231 e. The van der Waals surface area contributed by atoms with Crippen molar-refractivity contribution >= 4 is 21.5 Å². The second kappa shape index (κ2) is 7.92. The summed E-state index contributed by atoms with van der Waals surface area (Å²) in [5.41, 5.74) is 3.27. The number of aromatic nitrogens is 3. The molecule has 3 aromatic rings. The number of rotatable bonds is 7. The summed E-state index contributed by atoms with van der Waals surface area (Å²) in [7, 11) is -1.30. The standard InChI is InChI=1S/C20H24N4O2S/c1-4-16-11-8-12-18(13-16)23(2)20-22-21-19(15-27(3,25)26)24(20)14-17-9-6-5-7-10-17/h5-13H,4,14-15H2,1-3H3. The van der Waals surface area contributed by atoms with Crippen LogP contribution < -0.4 is 4.90 Å². The summed E-state index contributed by atoms with van der Waals surface area (Å²) in [6.45, 7) is 2.62. The van der Waals surface area contributed by atoms with Crippen molar-refractivity contribution in [2.75, 3.05) is 18.2 Å². The first-order valence-corrected chi connectivity index (χ1v) is 10.9. The van der Waals surface area contributed by atoms with Crippen LogP contribution in [0.15, 0.2) is 54.6 Å². The topological polar surface area (TPSA) is 68.1 Å². The molecule has 0 spiro atoms. The molecule has 3 rings (SSSR count). The average molecular weight is 385 g/mol. The van der Waals surface area contributed by atoms with Crippen LogP contribution in [0.2, 0.25) is 0 Å². The SMILES string of the molecule is CCc1cccc(N(C)c2nnc(CS(C)(=O)=O)n2Cc2ccccc2)c1. The van der Waals surface area contributed by atoms with Gasteiger partial charge < -0.3 is 4.90 Å². The molecule has 2 aromatic carbocycles. The molecule has 0 N–H and O–H groups in total. The van der Waals surface area contributed by atoms with Gasteiger partial charge in [-0.05, 0) is 29.7 Å². The van der Waals surface area contributed by atoms with Crippen molar-refractivity contribution in [3.05, 3.63) is 71.5 Å². The maximum atomic E-state index is 11.8. The van der Waals surface area contributed by atoms with Crippen molar-refractivity contribution in [3.63, 3.8) is 0 Å². The highest BCUT2D eigenvalue weighted by molar-refractivity contribution is 7.89. The molecule has 0 aliphatic heterocycles. The van der Waals surface area contributed by atoms with Crippen LogP contribution in [0.4, 0.5) is 11.6 Å². The van der Waals surface area contributed by atoms with Gasteiger partial charge in [0.25, 0.3) is 0 Å². The molecule has 0 radical (unpaired) electrons. The fraction of sp³-hybridized carbons (Fsp3) is 0.300. The zero-order valence-electron chi connectivity index (χ0n) is 15.8. The lowest BCUT2D eigenvalue weighted by molar-refractivity contribution is 0.597. The Balaban J connectivity index is 2.03. The Morgan fingerprint density at radius 3 is 2.37 bits per heavy atom. The van der Waals surface area contributed by atoms with Gasteiger partial charge in [-0.25, -0.2) is 8.42 Å². The van der Waals surface area contributed by atoms with E-state index < -0.39 is 9.84 Å². The lowest BCUT2D eigenvalue weighted by atomic mass is 10.1. The van der Waals surface area contributed by atoms with E-state index in [2.05, 4.69) is 29.3 Å². The third-order valence-electron chi connectivity index (χ3n) is 4.39. The minimum atomic E-state index is -3.22. The Kier molecular flexibility index (Phi) is 5.60. The molecule has 0 saturated carbocycles. The van der Waals surface area contributed by atoms with Crippen molar-refractivity contribution in [2.24, 2.45) is 0 Å². The Labute approximate surface area is 160 Å². The van der Waals surface area contributed by atoms with E-state index in [1.807, 2.05) is 59.0 Å². The molecule has 142 valence electrons. The number of benzene rings is 2. The summed E-state index contributed by atoms with van der Waals surface area (Å²) in [6, 6.07) is 18.1. The van der Waals surface area contributed by atoms with E-state index >= 15 is 0 Å². The number of sulfone groups is 1. The number of anilines is 2. The van der Waals surface area contributed by atoms with Gasteiger partial charge in [-0.2, -0.15) is 0 Å². The largest absolute Gasteiger partial charge is 0.314 e. The Morgan fingerprint density at radius 2 is 1.70 bits per heavy atom. The highest BCUT2D eigenvalue weighted by Crippen LogP contribution is 2.25. The Bertz CT molecular complexity index is 1010. The molecule has 0 aliphatic rings. The second-order valence-corrected chi connectivity index (χ2v) is 8.78. The van der Waals surface area contributed by atoms with Crippen LogP contribution in [0.1, 0.15) is 23.9 Å². The first-order valence-electron chi connectivity index (χ1n) is 8.84. The van der Waals surface area contributed by atoms with Gasteiger partial charge in [0, 0.05) is 19.0 Å². The molecule has 0 aliphatic carbocycles. The zero-order valence-corrected chi connectivity index (χ0v) is 16.6. The monoisotopic (exact) mass is 384 g/mol. The van der Waals surface area contributed by atoms with Gasteiger partial charge in [-0.3, -0.25) is 4.57 Å². The summed E-state index contributed by atoms with van der Waals surface area (Å²) in [6.07, 6.45) is 2.15. The molecule has 7 heteroatoms. The van der Waals surface area contributed by atoms with Crippen molar-refractivity contribution in [3.8, 4) is 0 Å². The molecule has 0 bridgehead atoms. The molecule has 0 fully saturated rings. The first kappa shape index (κ1) is 19.1. The van der Waals surface area contributed by atoms with E-state index in [-0.39, 0.29) is 5.75 Å². The first-order chi connectivity index (χ1) is 12.9. The summed E-state index contributed by atoms with van der Waals surface area (Å²) < 4.78 is 25.6. The minimum absolute atomic E-state index is 0.143. The number of nitrogens with zero attached hydrogens (tertiary/aromatic N) is 4. The predicted octanol–water partition coefficient (Wildman–Crippen LogP) is 3.20. The van der Waals surface area contributed by atoms with E-state index in [9.17, 15) is 8.42 Å². The average Bonchev–Trinajstić information content (AvgIpc) is 3.02.